The predicted molar refractivity (Wildman–Crippen MR) is 71.9 cm³/mol. The molecule has 0 aromatic carbocycles. The fourth-order valence-electron chi connectivity index (χ4n) is 1.21. The van der Waals surface area contributed by atoms with Crippen LogP contribution in [0.1, 0.15) is 51.4 Å². The molecule has 2 nitrogen and oxygen atoms in total. The Kier molecular flexibility index (Phi) is 32.5. The van der Waals surface area contributed by atoms with E-state index in [0.717, 1.165) is 51.4 Å². The van der Waals surface area contributed by atoms with Crippen LogP contribution >= 0.6 is 0 Å². The topological polar surface area (TPSA) is 60.0 Å². The van der Waals surface area contributed by atoms with Crippen molar-refractivity contribution in [1.29, 1.82) is 0 Å². The molecule has 0 bridgehead atoms. The summed E-state index contributed by atoms with van der Waals surface area (Å²) in [5, 5.41) is 0. The minimum Gasteiger partial charge on any atom is -0.870 e. The molecule has 0 aromatic heterocycles. The van der Waals surface area contributed by atoms with E-state index in [9.17, 15) is 0 Å². The zero-order valence-electron chi connectivity index (χ0n) is 11.2. The van der Waals surface area contributed by atoms with Crippen LogP contribution in [-0.4, -0.2) is 11.0 Å². The SMILES string of the molecule is C1#CCCC#CCC1.C1#CCCC#CCC1.[OH-].[OH-].[Rh].[Rh]. The van der Waals surface area contributed by atoms with E-state index >= 15 is 0 Å². The second-order valence-electron chi connectivity index (χ2n) is 3.41. The normalized spacial score (nSPS) is 12.8. The third-order valence-electron chi connectivity index (χ3n) is 2.00. The van der Waals surface area contributed by atoms with Crippen LogP contribution in [0.4, 0.5) is 0 Å². The predicted octanol–water partition coefficient (Wildman–Crippen LogP) is 2.78. The first-order valence-electron chi connectivity index (χ1n) is 5.83. The van der Waals surface area contributed by atoms with E-state index in [1.807, 2.05) is 0 Å². The molecule has 0 atom stereocenters. The van der Waals surface area contributed by atoms with Crippen molar-refractivity contribution < 1.29 is 49.9 Å². The molecule has 0 heterocycles. The van der Waals surface area contributed by atoms with Gasteiger partial charge in [-0.3, -0.25) is 0 Å². The monoisotopic (exact) mass is 448 g/mol. The van der Waals surface area contributed by atoms with Crippen molar-refractivity contribution in [2.24, 2.45) is 0 Å². The van der Waals surface area contributed by atoms with Gasteiger partial charge in [0.1, 0.15) is 0 Å². The van der Waals surface area contributed by atoms with E-state index in [4.69, 9.17) is 0 Å². The Labute approximate surface area is 148 Å². The maximum Gasteiger partial charge on any atom is 0.0198 e. The van der Waals surface area contributed by atoms with Gasteiger partial charge in [0, 0.05) is 90.3 Å². The summed E-state index contributed by atoms with van der Waals surface area (Å²) in [4.78, 5) is 0. The van der Waals surface area contributed by atoms with Crippen LogP contribution in [0.25, 0.3) is 0 Å². The number of hydrogen-bond acceptors (Lipinski definition) is 2. The van der Waals surface area contributed by atoms with Gasteiger partial charge in [-0.25, -0.2) is 0 Å². The Morgan fingerprint density at radius 2 is 0.400 bits per heavy atom. The van der Waals surface area contributed by atoms with Gasteiger partial charge in [-0.2, -0.15) is 0 Å². The van der Waals surface area contributed by atoms with Crippen molar-refractivity contribution in [3.05, 3.63) is 0 Å². The van der Waals surface area contributed by atoms with Gasteiger partial charge in [-0.1, -0.05) is 0 Å². The largest absolute Gasteiger partial charge is 0.870 e. The fraction of sp³-hybridized carbons (Fsp3) is 0.500. The first kappa shape index (κ1) is 27.7. The first-order chi connectivity index (χ1) is 8.00. The van der Waals surface area contributed by atoms with Gasteiger partial charge < -0.3 is 11.0 Å². The summed E-state index contributed by atoms with van der Waals surface area (Å²) in [7, 11) is 0. The first-order valence-corrected chi connectivity index (χ1v) is 5.83. The summed E-state index contributed by atoms with van der Waals surface area (Å²) in [6, 6.07) is 0. The molecule has 4 heteroatoms. The molecular weight excluding hydrogens is 430 g/mol. The van der Waals surface area contributed by atoms with E-state index in [1.165, 1.54) is 0 Å². The molecule has 20 heavy (non-hydrogen) atoms. The minimum atomic E-state index is 0. The minimum absolute atomic E-state index is 0. The molecule has 2 radical (unpaired) electrons. The van der Waals surface area contributed by atoms with Gasteiger partial charge in [0.25, 0.3) is 0 Å². The summed E-state index contributed by atoms with van der Waals surface area (Å²) < 4.78 is 0. The number of hydrogen-bond donors (Lipinski definition) is 0. The molecule has 0 aromatic rings. The average Bonchev–Trinajstić information content (AvgIpc) is 2.15. The van der Waals surface area contributed by atoms with Gasteiger partial charge in [0.2, 0.25) is 0 Å². The second kappa shape index (κ2) is 23.5. The van der Waals surface area contributed by atoms with E-state index in [-0.39, 0.29) is 49.9 Å². The summed E-state index contributed by atoms with van der Waals surface area (Å²) in [6.45, 7) is 0. The third-order valence-corrected chi connectivity index (χ3v) is 2.00. The molecule has 2 N–H and O–H groups in total. The standard InChI is InChI=1S/2C8H8.2H2O.2Rh/c2*1-2-4-6-8-7-5-3-1;;;;/h2*1-2,7-8H2;2*1H2;;/p-2. The summed E-state index contributed by atoms with van der Waals surface area (Å²) in [6.07, 6.45) is 7.72. The smallest absolute Gasteiger partial charge is 0.0198 e. The van der Waals surface area contributed by atoms with Crippen molar-refractivity contribution in [1.82, 2.24) is 0 Å². The van der Waals surface area contributed by atoms with E-state index in [2.05, 4.69) is 47.4 Å². The Bertz CT molecular complexity index is 322. The Morgan fingerprint density at radius 3 is 0.500 bits per heavy atom. The summed E-state index contributed by atoms with van der Waals surface area (Å²) in [5.74, 6) is 24.3. The Morgan fingerprint density at radius 1 is 0.300 bits per heavy atom. The summed E-state index contributed by atoms with van der Waals surface area (Å²) >= 11 is 0. The molecule has 2 rings (SSSR count). The van der Waals surface area contributed by atoms with Crippen LogP contribution in [0.15, 0.2) is 0 Å². The fourth-order valence-corrected chi connectivity index (χ4v) is 1.21. The third kappa shape index (κ3) is 19.7. The molecule has 0 fully saturated rings. The second-order valence-corrected chi connectivity index (χ2v) is 3.41. The van der Waals surface area contributed by atoms with Crippen LogP contribution in [-0.2, 0) is 39.0 Å². The van der Waals surface area contributed by atoms with Crippen LogP contribution < -0.4 is 0 Å². The molecule has 2 aliphatic rings. The molecule has 0 aliphatic heterocycles. The van der Waals surface area contributed by atoms with Crippen molar-refractivity contribution in [3.63, 3.8) is 0 Å². The van der Waals surface area contributed by atoms with Crippen LogP contribution in [0.5, 0.6) is 0 Å². The van der Waals surface area contributed by atoms with Crippen LogP contribution in [0.2, 0.25) is 0 Å². The Hall–Kier alpha value is -0.593. The van der Waals surface area contributed by atoms with Gasteiger partial charge in [0.05, 0.1) is 0 Å². The molecule has 0 saturated heterocycles. The van der Waals surface area contributed by atoms with E-state index < -0.39 is 0 Å². The van der Waals surface area contributed by atoms with Crippen molar-refractivity contribution >= 4 is 0 Å². The van der Waals surface area contributed by atoms with Crippen LogP contribution in [0, 0.1) is 47.4 Å². The zero-order chi connectivity index (χ0) is 11.3. The van der Waals surface area contributed by atoms with Crippen LogP contribution in [0.3, 0.4) is 0 Å². The van der Waals surface area contributed by atoms with E-state index in [1.54, 1.807) is 0 Å². The molecule has 0 unspecified atom stereocenters. The quantitative estimate of drug-likeness (QED) is 0.423. The van der Waals surface area contributed by atoms with Crippen molar-refractivity contribution in [3.8, 4) is 47.4 Å². The van der Waals surface area contributed by atoms with Gasteiger partial charge >= 0.3 is 0 Å². The van der Waals surface area contributed by atoms with Gasteiger partial charge in [-0.15, -0.1) is 47.4 Å². The Balaban J connectivity index is -0.000000107. The van der Waals surface area contributed by atoms with E-state index in [0.29, 0.717) is 0 Å². The maximum absolute atomic E-state index is 3.03. The zero-order valence-corrected chi connectivity index (χ0v) is 14.5. The number of rotatable bonds is 0. The molecular formula is C16H18O2Rh2-2. The van der Waals surface area contributed by atoms with Crippen molar-refractivity contribution in [2.75, 3.05) is 0 Å². The molecule has 2 aliphatic carbocycles. The molecule has 114 valence electrons. The van der Waals surface area contributed by atoms with Gasteiger partial charge in [-0.05, 0) is 0 Å². The molecule has 0 spiro atoms. The molecule has 0 saturated carbocycles. The maximum atomic E-state index is 3.03. The van der Waals surface area contributed by atoms with Crippen molar-refractivity contribution in [2.45, 2.75) is 51.4 Å². The van der Waals surface area contributed by atoms with Gasteiger partial charge in [0.15, 0.2) is 0 Å². The average molecular weight is 448 g/mol. The molecule has 0 amide bonds. The summed E-state index contributed by atoms with van der Waals surface area (Å²) in [5.41, 5.74) is 0.